The van der Waals surface area contributed by atoms with Crippen molar-refractivity contribution >= 4 is 0 Å². The molecule has 0 rings (SSSR count). The van der Waals surface area contributed by atoms with Crippen LogP contribution in [0.2, 0.25) is 0 Å². The van der Waals surface area contributed by atoms with Crippen LogP contribution in [0.5, 0.6) is 0 Å². The van der Waals surface area contributed by atoms with Gasteiger partial charge >= 0.3 is 0 Å². The van der Waals surface area contributed by atoms with E-state index in [0.29, 0.717) is 0 Å². The minimum atomic E-state index is -2.32. The van der Waals surface area contributed by atoms with Crippen LogP contribution >= 0.6 is 0 Å². The molecule has 11 heavy (non-hydrogen) atoms. The van der Waals surface area contributed by atoms with Gasteiger partial charge in [0, 0.05) is 6.54 Å². The topological polar surface area (TPSA) is 33.3 Å². The monoisotopic (exact) mass is 168 g/mol. The smallest absolute Gasteiger partial charge is 0.250 e. The average molecular weight is 168 g/mol. The number of rotatable bonds is 7. The first-order valence-corrected chi connectivity index (χ1v) is 3.61. The first-order valence-electron chi connectivity index (χ1n) is 3.61. The van der Waals surface area contributed by atoms with Crippen molar-refractivity contribution in [3.63, 3.8) is 0 Å². The van der Waals surface area contributed by atoms with Crippen LogP contribution in [0, 0.1) is 0 Å². The third-order valence-electron chi connectivity index (χ3n) is 0.927. The fraction of sp³-hybridized carbons (Fsp3) is 1.00. The zero-order valence-corrected chi connectivity index (χ0v) is 6.57. The van der Waals surface area contributed by atoms with Crippen LogP contribution in [0.25, 0.3) is 0 Å². The van der Waals surface area contributed by atoms with Gasteiger partial charge < -0.3 is 0 Å². The molecular formula is C6H14F2N2O. The molecule has 0 spiro atoms. The van der Waals surface area contributed by atoms with Crippen LogP contribution in [-0.4, -0.2) is 26.2 Å². The van der Waals surface area contributed by atoms with E-state index in [1.807, 2.05) is 6.92 Å². The summed E-state index contributed by atoms with van der Waals surface area (Å²) in [6.07, 6.45) is -1.36. The molecule has 5 heteroatoms. The molecule has 0 saturated heterocycles. The molecule has 0 amide bonds. The van der Waals surface area contributed by atoms with Crippen molar-refractivity contribution in [2.45, 2.75) is 19.8 Å². The Hall–Kier alpha value is -0.260. The van der Waals surface area contributed by atoms with Crippen molar-refractivity contribution in [1.82, 2.24) is 10.8 Å². The number of hydrogen-bond donors (Lipinski definition) is 2. The van der Waals surface area contributed by atoms with Gasteiger partial charge in [-0.2, -0.15) is 0 Å². The van der Waals surface area contributed by atoms with Crippen LogP contribution in [0.1, 0.15) is 13.3 Å². The molecule has 68 valence electrons. The number of alkyl halides is 2. The Morgan fingerprint density at radius 2 is 2.18 bits per heavy atom. The molecule has 0 atom stereocenters. The number of hydroxylamine groups is 1. The fourth-order valence-electron chi connectivity index (χ4n) is 0.444. The van der Waals surface area contributed by atoms with Gasteiger partial charge in [-0.05, 0) is 6.42 Å². The summed E-state index contributed by atoms with van der Waals surface area (Å²) in [5, 5.41) is 2.41. The van der Waals surface area contributed by atoms with Gasteiger partial charge in [-0.1, -0.05) is 6.92 Å². The molecule has 0 aromatic rings. The van der Waals surface area contributed by atoms with E-state index < -0.39 is 6.43 Å². The van der Waals surface area contributed by atoms with Crippen LogP contribution < -0.4 is 10.8 Å². The van der Waals surface area contributed by atoms with Crippen molar-refractivity contribution in [3.8, 4) is 0 Å². The summed E-state index contributed by atoms with van der Waals surface area (Å²) in [4.78, 5) is 4.73. The maximum atomic E-state index is 11.5. The molecule has 0 fully saturated rings. The molecule has 3 nitrogen and oxygen atoms in total. The van der Waals surface area contributed by atoms with Crippen LogP contribution in [0.4, 0.5) is 8.78 Å². The second kappa shape index (κ2) is 7.84. The second-order valence-electron chi connectivity index (χ2n) is 2.03. The Labute approximate surface area is 65.1 Å². The summed E-state index contributed by atoms with van der Waals surface area (Å²) in [5.74, 6) is 0. The lowest BCUT2D eigenvalue weighted by molar-refractivity contribution is 0.0198. The molecule has 2 N–H and O–H groups in total. The molecule has 0 aliphatic heterocycles. The van der Waals surface area contributed by atoms with Gasteiger partial charge in [0.05, 0.1) is 6.54 Å². The fourth-order valence-corrected chi connectivity index (χ4v) is 0.444. The number of nitrogens with one attached hydrogen (secondary N) is 2. The highest BCUT2D eigenvalue weighted by Gasteiger charge is 1.98. The predicted octanol–water partition coefficient (Wildman–Crippen LogP) is 0.730. The highest BCUT2D eigenvalue weighted by Crippen LogP contribution is 1.86. The molecule has 0 radical (unpaired) electrons. The summed E-state index contributed by atoms with van der Waals surface area (Å²) in [6.45, 7) is 2.51. The van der Waals surface area contributed by atoms with Crippen LogP contribution in [0.15, 0.2) is 0 Å². The van der Waals surface area contributed by atoms with Gasteiger partial charge in [0.15, 0.2) is 0 Å². The van der Waals surface area contributed by atoms with Crippen molar-refractivity contribution < 1.29 is 13.6 Å². The normalized spacial score (nSPS) is 10.9. The van der Waals surface area contributed by atoms with Gasteiger partial charge in [-0.3, -0.25) is 10.2 Å². The third-order valence-corrected chi connectivity index (χ3v) is 0.927. The Balaban J connectivity index is 2.80. The summed E-state index contributed by atoms with van der Waals surface area (Å²) in [5.41, 5.74) is 2.60. The van der Waals surface area contributed by atoms with E-state index in [0.717, 1.165) is 13.0 Å². The van der Waals surface area contributed by atoms with Gasteiger partial charge in [0.25, 0.3) is 6.43 Å². The van der Waals surface area contributed by atoms with Gasteiger partial charge in [-0.15, -0.1) is 0 Å². The molecule has 0 bridgehead atoms. The maximum absolute atomic E-state index is 11.5. The lowest BCUT2D eigenvalue weighted by Crippen LogP contribution is -2.28. The molecule has 0 aliphatic rings. The zero-order chi connectivity index (χ0) is 8.53. The molecule has 0 aromatic carbocycles. The highest BCUT2D eigenvalue weighted by molar-refractivity contribution is 4.40. The van der Waals surface area contributed by atoms with Crippen LogP contribution in [-0.2, 0) is 4.84 Å². The van der Waals surface area contributed by atoms with E-state index in [1.165, 1.54) is 0 Å². The summed E-state index contributed by atoms with van der Waals surface area (Å²) in [6, 6.07) is 0. The molecule has 0 aliphatic carbocycles. The number of halogens is 2. The van der Waals surface area contributed by atoms with Crippen molar-refractivity contribution in [2.24, 2.45) is 0 Å². The van der Waals surface area contributed by atoms with E-state index in [4.69, 9.17) is 4.84 Å². The largest absolute Gasteiger partial charge is 0.287 e. The molecule has 0 heterocycles. The van der Waals surface area contributed by atoms with Crippen molar-refractivity contribution in [3.05, 3.63) is 0 Å². The summed E-state index contributed by atoms with van der Waals surface area (Å²) >= 11 is 0. The van der Waals surface area contributed by atoms with Crippen LogP contribution in [0.3, 0.4) is 0 Å². The Kier molecular flexibility index (Phi) is 7.66. The summed E-state index contributed by atoms with van der Waals surface area (Å²) < 4.78 is 22.9. The first kappa shape index (κ1) is 10.7. The Bertz CT molecular complexity index is 83.0. The Morgan fingerprint density at radius 3 is 2.73 bits per heavy atom. The van der Waals surface area contributed by atoms with E-state index >= 15 is 0 Å². The maximum Gasteiger partial charge on any atom is 0.250 e. The van der Waals surface area contributed by atoms with E-state index in [2.05, 4.69) is 10.8 Å². The molecule has 0 saturated carbocycles. The molecule has 0 unspecified atom stereocenters. The lowest BCUT2D eigenvalue weighted by Gasteiger charge is -2.05. The summed E-state index contributed by atoms with van der Waals surface area (Å²) in [7, 11) is 0. The van der Waals surface area contributed by atoms with E-state index in [-0.39, 0.29) is 13.3 Å². The van der Waals surface area contributed by atoms with Gasteiger partial charge in [-0.25, -0.2) is 14.3 Å². The lowest BCUT2D eigenvalue weighted by atomic mass is 10.5. The first-order chi connectivity index (χ1) is 5.27. The van der Waals surface area contributed by atoms with Gasteiger partial charge in [0.2, 0.25) is 0 Å². The highest BCUT2D eigenvalue weighted by atomic mass is 19.3. The minimum Gasteiger partial charge on any atom is -0.287 e. The quantitative estimate of drug-likeness (QED) is 0.334. The minimum absolute atomic E-state index is 0.115. The van der Waals surface area contributed by atoms with E-state index in [9.17, 15) is 8.78 Å². The third kappa shape index (κ3) is 9.74. The van der Waals surface area contributed by atoms with Crippen molar-refractivity contribution in [1.29, 1.82) is 0 Å². The molecular weight excluding hydrogens is 154 g/mol. The average Bonchev–Trinajstić information content (AvgIpc) is 1.96. The molecule has 0 aromatic heterocycles. The standard InChI is InChI=1S/C6H14F2N2O/c1-2-3-10-11-5-9-4-6(7)8/h6,9-10H,2-5H2,1H3. The Morgan fingerprint density at radius 1 is 1.45 bits per heavy atom. The van der Waals surface area contributed by atoms with E-state index in [1.54, 1.807) is 0 Å². The zero-order valence-electron chi connectivity index (χ0n) is 6.57. The predicted molar refractivity (Wildman–Crippen MR) is 38.3 cm³/mol. The number of hydrogen-bond acceptors (Lipinski definition) is 3. The van der Waals surface area contributed by atoms with Gasteiger partial charge in [0.1, 0.15) is 6.73 Å². The van der Waals surface area contributed by atoms with Crippen molar-refractivity contribution in [2.75, 3.05) is 19.8 Å². The second-order valence-corrected chi connectivity index (χ2v) is 2.03. The SMILES string of the molecule is CCCNOCNCC(F)F.